The first kappa shape index (κ1) is 16.6. The Morgan fingerprint density at radius 2 is 2.00 bits per heavy atom. The maximum Gasteiger partial charge on any atom is 0.241 e. The Kier molecular flexibility index (Phi) is 5.25. The molecule has 2 rings (SSSR count). The van der Waals surface area contributed by atoms with Gasteiger partial charge in [0.15, 0.2) is 0 Å². The zero-order valence-electron chi connectivity index (χ0n) is 11.8. The van der Waals surface area contributed by atoms with Crippen LogP contribution in [0.25, 0.3) is 0 Å². The number of nitrogens with zero attached hydrogens (tertiary/aromatic N) is 1. The van der Waals surface area contributed by atoms with Crippen LogP contribution in [-0.2, 0) is 21.4 Å². The largest absolute Gasteiger partial charge is 0.467 e. The number of furan rings is 1. The highest BCUT2D eigenvalue weighted by atomic mass is 79.9. The number of nitrogens with one attached hydrogen (secondary N) is 1. The van der Waals surface area contributed by atoms with Gasteiger partial charge in [-0.05, 0) is 40.2 Å². The molecule has 0 unspecified atom stereocenters. The zero-order chi connectivity index (χ0) is 16.2. The molecule has 1 aromatic heterocycles. The predicted octanol–water partition coefficient (Wildman–Crippen LogP) is 2.12. The van der Waals surface area contributed by atoms with Crippen LogP contribution in [0.5, 0.6) is 0 Å². The monoisotopic (exact) mass is 386 g/mol. The molecule has 22 heavy (non-hydrogen) atoms. The Morgan fingerprint density at radius 3 is 2.59 bits per heavy atom. The van der Waals surface area contributed by atoms with Crippen molar-refractivity contribution in [2.45, 2.75) is 6.54 Å². The molecule has 0 saturated carbocycles. The van der Waals surface area contributed by atoms with Crippen LogP contribution in [0.2, 0.25) is 0 Å². The maximum atomic E-state index is 12.0. The summed E-state index contributed by atoms with van der Waals surface area (Å²) in [6, 6.07) is 10.3. The fourth-order valence-electron chi connectivity index (χ4n) is 1.82. The van der Waals surface area contributed by atoms with E-state index in [4.69, 9.17) is 4.42 Å². The van der Waals surface area contributed by atoms with Gasteiger partial charge in [0.2, 0.25) is 15.9 Å². The number of carbonyl (C=O) groups is 1. The number of anilines is 1. The van der Waals surface area contributed by atoms with Gasteiger partial charge in [-0.15, -0.1) is 0 Å². The molecule has 1 aromatic carbocycles. The quantitative estimate of drug-likeness (QED) is 0.824. The Morgan fingerprint density at radius 1 is 1.27 bits per heavy atom. The van der Waals surface area contributed by atoms with E-state index in [9.17, 15) is 13.2 Å². The first-order valence-electron chi connectivity index (χ1n) is 6.39. The third-order valence-electron chi connectivity index (χ3n) is 2.85. The summed E-state index contributed by atoms with van der Waals surface area (Å²) in [4.78, 5) is 12.0. The van der Waals surface area contributed by atoms with Gasteiger partial charge >= 0.3 is 0 Å². The molecule has 1 N–H and O–H groups in total. The van der Waals surface area contributed by atoms with E-state index in [2.05, 4.69) is 21.2 Å². The maximum absolute atomic E-state index is 12.0. The molecule has 6 nitrogen and oxygen atoms in total. The molecule has 0 spiro atoms. The summed E-state index contributed by atoms with van der Waals surface area (Å²) in [5.74, 6) is 0.178. The van der Waals surface area contributed by atoms with Crippen molar-refractivity contribution < 1.29 is 17.6 Å². The van der Waals surface area contributed by atoms with Crippen LogP contribution in [-0.4, -0.2) is 27.1 Å². The Bertz CT molecular complexity index is 744. The second kappa shape index (κ2) is 6.97. The molecule has 0 fully saturated rings. The van der Waals surface area contributed by atoms with Gasteiger partial charge in [-0.1, -0.05) is 12.1 Å². The molecule has 0 bridgehead atoms. The number of amides is 1. The van der Waals surface area contributed by atoms with Crippen LogP contribution in [0.15, 0.2) is 51.6 Å². The van der Waals surface area contributed by atoms with Crippen LogP contribution >= 0.6 is 15.9 Å². The van der Waals surface area contributed by atoms with Crippen molar-refractivity contribution >= 4 is 37.5 Å². The number of halogens is 1. The SMILES string of the molecule is CS(=O)(=O)N(CC(=O)NCc1ccco1)c1ccccc1Br. The fraction of sp³-hybridized carbons (Fsp3) is 0.214. The minimum absolute atomic E-state index is 0.208. The molecule has 0 saturated heterocycles. The van der Waals surface area contributed by atoms with Crippen molar-refractivity contribution in [1.82, 2.24) is 5.32 Å². The number of benzene rings is 1. The molecule has 118 valence electrons. The molecule has 8 heteroatoms. The van der Waals surface area contributed by atoms with Crippen LogP contribution < -0.4 is 9.62 Å². The van der Waals surface area contributed by atoms with E-state index in [0.717, 1.165) is 10.6 Å². The average molecular weight is 387 g/mol. The molecule has 0 radical (unpaired) electrons. The lowest BCUT2D eigenvalue weighted by atomic mass is 10.3. The molecule has 1 heterocycles. The van der Waals surface area contributed by atoms with E-state index >= 15 is 0 Å². The van der Waals surface area contributed by atoms with E-state index in [1.807, 2.05) is 0 Å². The lowest BCUT2D eigenvalue weighted by Gasteiger charge is -2.22. The summed E-state index contributed by atoms with van der Waals surface area (Å²) in [6.07, 6.45) is 2.57. The van der Waals surface area contributed by atoms with E-state index in [0.29, 0.717) is 15.9 Å². The second-order valence-electron chi connectivity index (χ2n) is 4.58. The predicted molar refractivity (Wildman–Crippen MR) is 86.9 cm³/mol. The molecular formula is C14H15BrN2O4S. The van der Waals surface area contributed by atoms with Crippen LogP contribution in [0.1, 0.15) is 5.76 Å². The summed E-state index contributed by atoms with van der Waals surface area (Å²) in [5.41, 5.74) is 0.415. The minimum atomic E-state index is -3.59. The van der Waals surface area contributed by atoms with E-state index in [1.165, 1.54) is 6.26 Å². The fourth-order valence-corrected chi connectivity index (χ4v) is 3.30. The summed E-state index contributed by atoms with van der Waals surface area (Å²) < 4.78 is 30.7. The minimum Gasteiger partial charge on any atom is -0.467 e. The topological polar surface area (TPSA) is 79.6 Å². The molecule has 0 aliphatic heterocycles. The first-order valence-corrected chi connectivity index (χ1v) is 9.03. The van der Waals surface area contributed by atoms with Crippen molar-refractivity contribution in [2.75, 3.05) is 17.1 Å². The molecule has 1 amide bonds. The van der Waals surface area contributed by atoms with Gasteiger partial charge < -0.3 is 9.73 Å². The van der Waals surface area contributed by atoms with Crippen molar-refractivity contribution in [3.63, 3.8) is 0 Å². The number of carbonyl (C=O) groups excluding carboxylic acids is 1. The van der Waals surface area contributed by atoms with Gasteiger partial charge in [0.1, 0.15) is 12.3 Å². The molecular weight excluding hydrogens is 372 g/mol. The third kappa shape index (κ3) is 4.35. The van der Waals surface area contributed by atoms with E-state index in [1.54, 1.807) is 36.4 Å². The van der Waals surface area contributed by atoms with Crippen LogP contribution in [0.3, 0.4) is 0 Å². The normalized spacial score (nSPS) is 11.2. The average Bonchev–Trinajstić information content (AvgIpc) is 2.95. The zero-order valence-corrected chi connectivity index (χ0v) is 14.2. The van der Waals surface area contributed by atoms with Gasteiger partial charge in [0.05, 0.1) is 24.8 Å². The Labute approximate surface area is 137 Å². The highest BCUT2D eigenvalue weighted by Gasteiger charge is 2.22. The summed E-state index contributed by atoms with van der Waals surface area (Å²) in [5, 5.41) is 2.62. The van der Waals surface area contributed by atoms with Crippen LogP contribution in [0.4, 0.5) is 5.69 Å². The molecule has 2 aromatic rings. The number of sulfonamides is 1. The number of rotatable bonds is 6. The number of hydrogen-bond acceptors (Lipinski definition) is 4. The Balaban J connectivity index is 2.11. The van der Waals surface area contributed by atoms with Gasteiger partial charge in [-0.3, -0.25) is 9.10 Å². The third-order valence-corrected chi connectivity index (χ3v) is 4.65. The summed E-state index contributed by atoms with van der Waals surface area (Å²) in [7, 11) is -3.59. The second-order valence-corrected chi connectivity index (χ2v) is 7.34. The van der Waals surface area contributed by atoms with Crippen molar-refractivity contribution in [3.05, 3.63) is 52.9 Å². The van der Waals surface area contributed by atoms with Gasteiger partial charge in [-0.25, -0.2) is 8.42 Å². The smallest absolute Gasteiger partial charge is 0.241 e. The highest BCUT2D eigenvalue weighted by Crippen LogP contribution is 2.27. The first-order chi connectivity index (χ1) is 10.4. The Hall–Kier alpha value is -1.80. The molecule has 0 atom stereocenters. The summed E-state index contributed by atoms with van der Waals surface area (Å²) >= 11 is 3.30. The summed E-state index contributed by atoms with van der Waals surface area (Å²) in [6.45, 7) is -0.0957. The van der Waals surface area contributed by atoms with E-state index in [-0.39, 0.29) is 13.1 Å². The lowest BCUT2D eigenvalue weighted by Crippen LogP contribution is -2.40. The van der Waals surface area contributed by atoms with Gasteiger partial charge in [-0.2, -0.15) is 0 Å². The van der Waals surface area contributed by atoms with Crippen molar-refractivity contribution in [2.24, 2.45) is 0 Å². The highest BCUT2D eigenvalue weighted by molar-refractivity contribution is 9.10. The van der Waals surface area contributed by atoms with E-state index < -0.39 is 15.9 Å². The number of para-hydroxylation sites is 1. The lowest BCUT2D eigenvalue weighted by molar-refractivity contribution is -0.119. The van der Waals surface area contributed by atoms with Crippen molar-refractivity contribution in [3.8, 4) is 0 Å². The standard InChI is InChI=1S/C14H15BrN2O4S/c1-22(19,20)17(13-7-3-2-6-12(13)15)10-14(18)16-9-11-5-4-8-21-11/h2-8H,9-10H2,1H3,(H,16,18). The number of hydrogen-bond donors (Lipinski definition) is 1. The van der Waals surface area contributed by atoms with Crippen molar-refractivity contribution in [1.29, 1.82) is 0 Å². The molecule has 0 aliphatic carbocycles. The molecule has 0 aliphatic rings. The van der Waals surface area contributed by atoms with Gasteiger partial charge in [0.25, 0.3) is 0 Å². The van der Waals surface area contributed by atoms with Crippen LogP contribution in [0, 0.1) is 0 Å². The van der Waals surface area contributed by atoms with Gasteiger partial charge in [0, 0.05) is 4.47 Å².